The Labute approximate surface area is 191 Å². The van der Waals surface area contributed by atoms with Crippen molar-refractivity contribution in [2.45, 2.75) is 18.7 Å². The number of aliphatic hydroxyl groups excluding tert-OH is 1. The van der Waals surface area contributed by atoms with E-state index in [4.69, 9.17) is 15.9 Å². The molecule has 0 radical (unpaired) electrons. The fraction of sp³-hybridized carbons (Fsp3) is 0.208. The van der Waals surface area contributed by atoms with Gasteiger partial charge in [-0.05, 0) is 48.0 Å². The number of nitrogens with zero attached hydrogens (tertiary/aromatic N) is 2. The number of rotatable bonds is 10. The van der Waals surface area contributed by atoms with Crippen LogP contribution in [0.4, 0.5) is 4.39 Å². The van der Waals surface area contributed by atoms with Crippen molar-refractivity contribution < 1.29 is 19.0 Å². The Morgan fingerprint density at radius 3 is 2.55 bits per heavy atom. The Morgan fingerprint density at radius 2 is 1.94 bits per heavy atom. The molecule has 0 saturated heterocycles. The van der Waals surface area contributed by atoms with Gasteiger partial charge in [-0.15, -0.1) is 0 Å². The molecule has 172 valence electrons. The monoisotopic (exact) mass is 451 g/mol. The number of carbonyl (C=O) groups is 1. The summed E-state index contributed by atoms with van der Waals surface area (Å²) in [4.78, 5) is 13.2. The van der Waals surface area contributed by atoms with E-state index in [1.165, 1.54) is 37.5 Å². The van der Waals surface area contributed by atoms with E-state index in [2.05, 4.69) is 10.4 Å². The maximum absolute atomic E-state index is 13.2. The molecule has 2 aromatic carbocycles. The van der Waals surface area contributed by atoms with Crippen molar-refractivity contribution in [3.8, 4) is 0 Å². The normalized spacial score (nSPS) is 13.4. The third kappa shape index (κ3) is 6.12. The molecule has 8 nitrogen and oxygen atoms in total. The standard InChI is InChI=1S/C24H26FN5O3/c1-33-23(15-31)22(14-30-12-4-11-28-30)29-24(32)19-6-3-2-5-18(19)21(27)13-20(26)16-7-9-17(25)10-8-16/h2-13,22-23,26,31H,14-15,27H2,1H3,(H,29,32)/t22-,23-/m1/s1. The molecule has 0 aliphatic carbocycles. The molecule has 0 saturated carbocycles. The number of aromatic nitrogens is 2. The lowest BCUT2D eigenvalue weighted by Crippen LogP contribution is -2.48. The van der Waals surface area contributed by atoms with Gasteiger partial charge in [-0.3, -0.25) is 9.48 Å². The molecule has 0 fully saturated rings. The van der Waals surface area contributed by atoms with Crippen molar-refractivity contribution in [3.63, 3.8) is 0 Å². The van der Waals surface area contributed by atoms with Gasteiger partial charge in [0.05, 0.1) is 24.9 Å². The van der Waals surface area contributed by atoms with Crippen LogP contribution in [0.3, 0.4) is 0 Å². The summed E-state index contributed by atoms with van der Waals surface area (Å²) in [6.45, 7) is 0.00173. The lowest BCUT2D eigenvalue weighted by molar-refractivity contribution is 0.0166. The minimum atomic E-state index is -0.648. The first-order chi connectivity index (χ1) is 15.9. The minimum Gasteiger partial charge on any atom is -0.398 e. The molecule has 2 atom stereocenters. The van der Waals surface area contributed by atoms with Gasteiger partial charge >= 0.3 is 0 Å². The summed E-state index contributed by atoms with van der Waals surface area (Å²) < 4.78 is 20.1. The summed E-state index contributed by atoms with van der Waals surface area (Å²) in [5.41, 5.74) is 7.77. The number of benzene rings is 2. The molecule has 5 N–H and O–H groups in total. The van der Waals surface area contributed by atoms with E-state index in [1.807, 2.05) is 0 Å². The van der Waals surface area contributed by atoms with Crippen molar-refractivity contribution in [2.75, 3.05) is 13.7 Å². The maximum atomic E-state index is 13.2. The van der Waals surface area contributed by atoms with E-state index in [9.17, 15) is 14.3 Å². The van der Waals surface area contributed by atoms with Gasteiger partial charge in [0.1, 0.15) is 11.9 Å². The minimum absolute atomic E-state index is 0.0824. The molecule has 0 aliphatic heterocycles. The topological polar surface area (TPSA) is 126 Å². The zero-order valence-corrected chi connectivity index (χ0v) is 18.1. The van der Waals surface area contributed by atoms with Gasteiger partial charge in [-0.1, -0.05) is 18.2 Å². The Balaban J connectivity index is 1.84. The summed E-state index contributed by atoms with van der Waals surface area (Å²) in [7, 11) is 1.46. The number of ether oxygens (including phenoxy) is 1. The highest BCUT2D eigenvalue weighted by Gasteiger charge is 2.25. The average molecular weight is 452 g/mol. The third-order valence-corrected chi connectivity index (χ3v) is 5.13. The molecule has 0 spiro atoms. The number of allylic oxidation sites excluding steroid dienone is 1. The second-order valence-electron chi connectivity index (χ2n) is 7.33. The number of carbonyl (C=O) groups excluding carboxylic acids is 1. The predicted octanol–water partition coefficient (Wildman–Crippen LogP) is 2.20. The van der Waals surface area contributed by atoms with E-state index < -0.39 is 23.9 Å². The second-order valence-corrected chi connectivity index (χ2v) is 7.33. The van der Waals surface area contributed by atoms with Crippen LogP contribution in [0.25, 0.3) is 5.70 Å². The van der Waals surface area contributed by atoms with Gasteiger partial charge in [0.25, 0.3) is 5.91 Å². The summed E-state index contributed by atoms with van der Waals surface area (Å²) in [5.74, 6) is -0.810. The number of halogens is 1. The van der Waals surface area contributed by atoms with Crippen LogP contribution >= 0.6 is 0 Å². The first-order valence-electron chi connectivity index (χ1n) is 10.3. The van der Waals surface area contributed by atoms with Gasteiger partial charge in [0, 0.05) is 36.3 Å². The first-order valence-corrected chi connectivity index (χ1v) is 10.3. The summed E-state index contributed by atoms with van der Waals surface area (Å²) >= 11 is 0. The van der Waals surface area contributed by atoms with Crippen LogP contribution in [0.15, 0.2) is 73.1 Å². The number of hydrogen-bond donors (Lipinski definition) is 4. The molecule has 33 heavy (non-hydrogen) atoms. The highest BCUT2D eigenvalue weighted by Crippen LogP contribution is 2.17. The van der Waals surface area contributed by atoms with E-state index in [1.54, 1.807) is 47.4 Å². The van der Waals surface area contributed by atoms with E-state index in [0.29, 0.717) is 23.2 Å². The molecule has 1 aromatic heterocycles. The van der Waals surface area contributed by atoms with Crippen molar-refractivity contribution in [3.05, 3.63) is 95.6 Å². The third-order valence-electron chi connectivity index (χ3n) is 5.13. The fourth-order valence-electron chi connectivity index (χ4n) is 3.36. The lowest BCUT2D eigenvalue weighted by atomic mass is 10.0. The van der Waals surface area contributed by atoms with Gasteiger partial charge in [-0.25, -0.2) is 4.39 Å². The largest absolute Gasteiger partial charge is 0.398 e. The van der Waals surface area contributed by atoms with E-state index in [-0.39, 0.29) is 18.0 Å². The second kappa shape index (κ2) is 11.2. The van der Waals surface area contributed by atoms with Crippen molar-refractivity contribution in [2.24, 2.45) is 5.73 Å². The van der Waals surface area contributed by atoms with E-state index in [0.717, 1.165) is 0 Å². The average Bonchev–Trinajstić information content (AvgIpc) is 3.33. The number of amides is 1. The highest BCUT2D eigenvalue weighted by molar-refractivity contribution is 6.11. The van der Waals surface area contributed by atoms with Crippen molar-refractivity contribution in [1.29, 1.82) is 5.41 Å². The zero-order valence-electron chi connectivity index (χ0n) is 18.1. The molecule has 1 amide bonds. The van der Waals surface area contributed by atoms with E-state index >= 15 is 0 Å². The first kappa shape index (κ1) is 23.8. The van der Waals surface area contributed by atoms with Crippen LogP contribution in [-0.2, 0) is 11.3 Å². The molecule has 0 bridgehead atoms. The fourth-order valence-corrected chi connectivity index (χ4v) is 3.36. The van der Waals surface area contributed by atoms with Gasteiger partial charge in [-0.2, -0.15) is 5.10 Å². The zero-order chi connectivity index (χ0) is 23.8. The smallest absolute Gasteiger partial charge is 0.252 e. The molecule has 3 rings (SSSR count). The molecule has 1 heterocycles. The molecular weight excluding hydrogens is 425 g/mol. The Bertz CT molecular complexity index is 1110. The van der Waals surface area contributed by atoms with Crippen LogP contribution in [0.5, 0.6) is 0 Å². The quantitative estimate of drug-likeness (QED) is 0.352. The molecule has 9 heteroatoms. The van der Waals surface area contributed by atoms with Crippen molar-refractivity contribution in [1.82, 2.24) is 15.1 Å². The van der Waals surface area contributed by atoms with Crippen LogP contribution in [0.1, 0.15) is 21.5 Å². The summed E-state index contributed by atoms with van der Waals surface area (Å²) in [6.07, 6.45) is 4.15. The summed E-state index contributed by atoms with van der Waals surface area (Å²) in [5, 5.41) is 25.0. The molecule has 3 aromatic rings. The highest BCUT2D eigenvalue weighted by atomic mass is 19.1. The Morgan fingerprint density at radius 1 is 1.24 bits per heavy atom. The number of hydrogen-bond acceptors (Lipinski definition) is 6. The van der Waals surface area contributed by atoms with Crippen LogP contribution in [0.2, 0.25) is 0 Å². The SMILES string of the molecule is CO[C@H](CO)[C@@H](Cn1cccn1)NC(=O)c1ccccc1C(N)=CC(=N)c1ccc(F)cc1. The predicted molar refractivity (Wildman–Crippen MR) is 123 cm³/mol. The number of nitrogens with two attached hydrogens (primary N) is 1. The number of nitrogens with one attached hydrogen (secondary N) is 2. The lowest BCUT2D eigenvalue weighted by Gasteiger charge is -2.26. The molecule has 0 unspecified atom stereocenters. The van der Waals surface area contributed by atoms with Gasteiger partial charge < -0.3 is 26.3 Å². The number of methoxy groups -OCH3 is 1. The molecule has 0 aliphatic rings. The van der Waals surface area contributed by atoms with Crippen LogP contribution in [0, 0.1) is 11.2 Å². The van der Waals surface area contributed by atoms with Crippen LogP contribution in [-0.4, -0.2) is 52.4 Å². The van der Waals surface area contributed by atoms with Gasteiger partial charge in [0.15, 0.2) is 0 Å². The maximum Gasteiger partial charge on any atom is 0.252 e. The Hall–Kier alpha value is -3.82. The molecular formula is C24H26FN5O3. The van der Waals surface area contributed by atoms with Crippen molar-refractivity contribution >= 4 is 17.3 Å². The Kier molecular flexibility index (Phi) is 8.06. The summed E-state index contributed by atoms with van der Waals surface area (Å²) in [6, 6.07) is 13.4. The number of aliphatic hydroxyl groups is 1. The van der Waals surface area contributed by atoms with Gasteiger partial charge in [0.2, 0.25) is 0 Å². The van der Waals surface area contributed by atoms with Crippen LogP contribution < -0.4 is 11.1 Å².